The van der Waals surface area contributed by atoms with E-state index in [0.717, 1.165) is 6.42 Å². The maximum atomic E-state index is 12.1. The first-order valence-corrected chi connectivity index (χ1v) is 6.40. The number of nitrogens with zero attached hydrogens (tertiary/aromatic N) is 1. The second-order valence-electron chi connectivity index (χ2n) is 6.48. The Morgan fingerprint density at radius 1 is 1.28 bits per heavy atom. The van der Waals surface area contributed by atoms with Gasteiger partial charge in [-0.2, -0.15) is 0 Å². The minimum Gasteiger partial charge on any atom is -0.481 e. The Balaban J connectivity index is 1.78. The molecule has 2 saturated carbocycles. The Kier molecular flexibility index (Phi) is 2.03. The van der Waals surface area contributed by atoms with Crippen molar-refractivity contribution in [3.63, 3.8) is 0 Å². The van der Waals surface area contributed by atoms with Crippen LogP contribution in [0.2, 0.25) is 0 Å². The number of amides is 2. The summed E-state index contributed by atoms with van der Waals surface area (Å²) in [5.41, 5.74) is -1.09. The van der Waals surface area contributed by atoms with Crippen molar-refractivity contribution < 1.29 is 19.5 Å². The zero-order valence-corrected chi connectivity index (χ0v) is 10.6. The number of hydrogen-bond acceptors (Lipinski definition) is 3. The molecule has 1 heterocycles. The van der Waals surface area contributed by atoms with Crippen molar-refractivity contribution in [2.75, 3.05) is 6.54 Å². The molecule has 5 heteroatoms. The van der Waals surface area contributed by atoms with Crippen LogP contribution in [0, 0.1) is 22.7 Å². The summed E-state index contributed by atoms with van der Waals surface area (Å²) >= 11 is 0. The summed E-state index contributed by atoms with van der Waals surface area (Å²) in [5.74, 6) is -1.63. The lowest BCUT2D eigenvalue weighted by Crippen LogP contribution is -2.51. The van der Waals surface area contributed by atoms with Crippen LogP contribution in [0.15, 0.2) is 0 Å². The van der Waals surface area contributed by atoms with E-state index in [9.17, 15) is 19.5 Å². The van der Waals surface area contributed by atoms with Crippen LogP contribution in [0.4, 0.5) is 0 Å². The van der Waals surface area contributed by atoms with Gasteiger partial charge in [-0.1, -0.05) is 20.3 Å². The van der Waals surface area contributed by atoms with Crippen molar-refractivity contribution in [1.82, 2.24) is 4.90 Å². The first kappa shape index (κ1) is 11.7. The number of fused-ring (bicyclic) bond motifs is 1. The Morgan fingerprint density at radius 2 is 1.78 bits per heavy atom. The number of hydrogen-bond donors (Lipinski definition) is 1. The molecule has 3 rings (SSSR count). The number of piperidine rings is 1. The number of carboxylic acid groups (broad SMARTS) is 1. The molecule has 3 aliphatic rings. The topological polar surface area (TPSA) is 74.7 Å². The molecule has 2 amide bonds. The summed E-state index contributed by atoms with van der Waals surface area (Å²) in [6.45, 7) is 3.92. The molecule has 2 aliphatic carbocycles. The highest BCUT2D eigenvalue weighted by Gasteiger charge is 2.73. The molecule has 0 aromatic rings. The van der Waals surface area contributed by atoms with Gasteiger partial charge in [-0.15, -0.1) is 0 Å². The zero-order chi connectivity index (χ0) is 13.3. The van der Waals surface area contributed by atoms with Crippen LogP contribution < -0.4 is 0 Å². The largest absolute Gasteiger partial charge is 0.481 e. The van der Waals surface area contributed by atoms with Gasteiger partial charge in [0.25, 0.3) is 0 Å². The van der Waals surface area contributed by atoms with Crippen molar-refractivity contribution in [2.24, 2.45) is 22.7 Å². The summed E-state index contributed by atoms with van der Waals surface area (Å²) in [6.07, 6.45) is 2.00. The van der Waals surface area contributed by atoms with Gasteiger partial charge in [0.05, 0.1) is 17.3 Å². The van der Waals surface area contributed by atoms with Crippen molar-refractivity contribution in [3.05, 3.63) is 0 Å². The molecular formula is C13H17NO4. The Labute approximate surface area is 105 Å². The summed E-state index contributed by atoms with van der Waals surface area (Å²) in [7, 11) is 0. The molecule has 0 radical (unpaired) electrons. The summed E-state index contributed by atoms with van der Waals surface area (Å²) < 4.78 is 0. The van der Waals surface area contributed by atoms with E-state index in [2.05, 4.69) is 0 Å². The van der Waals surface area contributed by atoms with E-state index in [4.69, 9.17) is 0 Å². The van der Waals surface area contributed by atoms with Crippen LogP contribution in [0.3, 0.4) is 0 Å². The fourth-order valence-corrected chi connectivity index (χ4v) is 3.51. The number of carbonyl (C=O) groups excluding carboxylic acids is 2. The number of carbonyl (C=O) groups is 3. The summed E-state index contributed by atoms with van der Waals surface area (Å²) in [5, 5.41) is 9.25. The van der Waals surface area contributed by atoms with Crippen LogP contribution >= 0.6 is 0 Å². The van der Waals surface area contributed by atoms with Gasteiger partial charge >= 0.3 is 5.97 Å². The average Bonchev–Trinajstić information content (AvgIpc) is 2.67. The number of likely N-dealkylation sites (tertiary alicyclic amines) is 1. The second kappa shape index (κ2) is 3.13. The van der Waals surface area contributed by atoms with Gasteiger partial charge < -0.3 is 5.11 Å². The highest BCUT2D eigenvalue weighted by atomic mass is 16.4. The second-order valence-corrected chi connectivity index (χ2v) is 6.48. The van der Waals surface area contributed by atoms with E-state index in [1.54, 1.807) is 0 Å². The first-order valence-electron chi connectivity index (χ1n) is 6.40. The lowest BCUT2D eigenvalue weighted by molar-refractivity contribution is -0.159. The number of rotatable bonds is 3. The highest BCUT2D eigenvalue weighted by molar-refractivity contribution is 6.10. The lowest BCUT2D eigenvalue weighted by atomic mass is 9.68. The molecule has 2 unspecified atom stereocenters. The summed E-state index contributed by atoms with van der Waals surface area (Å²) in [4.78, 5) is 36.7. The van der Waals surface area contributed by atoms with E-state index in [1.165, 1.54) is 4.90 Å². The molecule has 98 valence electrons. The van der Waals surface area contributed by atoms with Crippen LogP contribution in [0.5, 0.6) is 0 Å². The standard InChI is InChI=1S/C13H17NO4/c1-12(2)7-8(12)10(16)14(9(7)15)6-13(11(17)18)4-3-5-13/h7-8H,3-6H2,1-2H3,(H,17,18). The third kappa shape index (κ3) is 1.19. The smallest absolute Gasteiger partial charge is 0.311 e. The van der Waals surface area contributed by atoms with Crippen molar-refractivity contribution in [3.8, 4) is 0 Å². The van der Waals surface area contributed by atoms with Crippen LogP contribution in [0.1, 0.15) is 33.1 Å². The van der Waals surface area contributed by atoms with Gasteiger partial charge in [0.1, 0.15) is 0 Å². The molecule has 3 fully saturated rings. The van der Waals surface area contributed by atoms with Gasteiger partial charge in [-0.25, -0.2) is 0 Å². The van der Waals surface area contributed by atoms with E-state index in [1.807, 2.05) is 13.8 Å². The van der Waals surface area contributed by atoms with Crippen molar-refractivity contribution >= 4 is 17.8 Å². The van der Waals surface area contributed by atoms with E-state index >= 15 is 0 Å². The van der Waals surface area contributed by atoms with Crippen molar-refractivity contribution in [2.45, 2.75) is 33.1 Å². The average molecular weight is 251 g/mol. The predicted octanol–water partition coefficient (Wildman–Crippen LogP) is 0.882. The molecule has 18 heavy (non-hydrogen) atoms. The van der Waals surface area contributed by atoms with E-state index in [0.29, 0.717) is 12.8 Å². The monoisotopic (exact) mass is 251 g/mol. The van der Waals surface area contributed by atoms with Crippen LogP contribution in [0.25, 0.3) is 0 Å². The maximum absolute atomic E-state index is 12.1. The lowest BCUT2D eigenvalue weighted by Gasteiger charge is -2.40. The number of carboxylic acids is 1. The molecule has 2 atom stereocenters. The van der Waals surface area contributed by atoms with Gasteiger partial charge in [0, 0.05) is 6.54 Å². The summed E-state index contributed by atoms with van der Waals surface area (Å²) in [6, 6.07) is 0. The minimum absolute atomic E-state index is 0.0725. The quantitative estimate of drug-likeness (QED) is 0.756. The molecular weight excluding hydrogens is 234 g/mol. The zero-order valence-electron chi connectivity index (χ0n) is 10.6. The molecule has 1 aliphatic heterocycles. The van der Waals surface area contributed by atoms with E-state index in [-0.39, 0.29) is 35.6 Å². The maximum Gasteiger partial charge on any atom is 0.311 e. The first-order chi connectivity index (χ1) is 8.31. The van der Waals surface area contributed by atoms with Gasteiger partial charge in [0.15, 0.2) is 0 Å². The van der Waals surface area contributed by atoms with E-state index < -0.39 is 11.4 Å². The minimum atomic E-state index is -0.880. The molecule has 5 nitrogen and oxygen atoms in total. The van der Waals surface area contributed by atoms with Gasteiger partial charge in [0.2, 0.25) is 11.8 Å². The highest BCUT2D eigenvalue weighted by Crippen LogP contribution is 2.63. The van der Waals surface area contributed by atoms with Gasteiger partial charge in [-0.05, 0) is 18.3 Å². The Bertz CT molecular complexity index is 440. The number of aliphatic carboxylic acids is 1. The van der Waals surface area contributed by atoms with Crippen LogP contribution in [-0.2, 0) is 14.4 Å². The third-order valence-electron chi connectivity index (χ3n) is 5.12. The molecule has 0 bridgehead atoms. The van der Waals surface area contributed by atoms with Gasteiger partial charge in [-0.3, -0.25) is 19.3 Å². The Hall–Kier alpha value is -1.39. The molecule has 0 spiro atoms. The number of imide groups is 1. The molecule has 1 saturated heterocycles. The molecule has 0 aromatic carbocycles. The third-order valence-corrected chi connectivity index (χ3v) is 5.12. The van der Waals surface area contributed by atoms with Crippen LogP contribution in [-0.4, -0.2) is 34.3 Å². The SMILES string of the molecule is CC1(C)C2C(=O)N(CC3(C(=O)O)CCC3)C(=O)C21. The Morgan fingerprint density at radius 3 is 2.11 bits per heavy atom. The normalized spacial score (nSPS) is 35.1. The molecule has 0 aromatic heterocycles. The fourth-order valence-electron chi connectivity index (χ4n) is 3.51. The van der Waals surface area contributed by atoms with Crippen molar-refractivity contribution in [1.29, 1.82) is 0 Å². The molecule has 1 N–H and O–H groups in total. The fraction of sp³-hybridized carbons (Fsp3) is 0.769. The predicted molar refractivity (Wildman–Crippen MR) is 61.4 cm³/mol.